The zero-order valence-electron chi connectivity index (χ0n) is 16.6. The Morgan fingerprint density at radius 2 is 2.04 bits per heavy atom. The van der Waals surface area contributed by atoms with E-state index >= 15 is 0 Å². The molecule has 0 radical (unpaired) electrons. The SMILES string of the molecule is CCOC(=O)C(C)(C)N1CCC(Nc2nc(-c3ccc(C#N)cc3)cs2)CC1. The summed E-state index contributed by atoms with van der Waals surface area (Å²) in [5.74, 6) is -0.159. The van der Waals surface area contributed by atoms with Gasteiger partial charge in [-0.1, -0.05) is 12.1 Å². The number of hydrogen-bond donors (Lipinski definition) is 1. The molecule has 0 atom stereocenters. The zero-order chi connectivity index (χ0) is 20.1. The molecular weight excluding hydrogens is 372 g/mol. The van der Waals surface area contributed by atoms with E-state index in [9.17, 15) is 4.79 Å². The smallest absolute Gasteiger partial charge is 0.325 e. The highest BCUT2D eigenvalue weighted by Gasteiger charge is 2.38. The van der Waals surface area contributed by atoms with Crippen LogP contribution in [-0.2, 0) is 9.53 Å². The van der Waals surface area contributed by atoms with Crippen LogP contribution < -0.4 is 5.32 Å². The Labute approximate surface area is 170 Å². The largest absolute Gasteiger partial charge is 0.465 e. The van der Waals surface area contributed by atoms with Gasteiger partial charge < -0.3 is 10.1 Å². The predicted molar refractivity (Wildman–Crippen MR) is 111 cm³/mol. The lowest BCUT2D eigenvalue weighted by Gasteiger charge is -2.41. The monoisotopic (exact) mass is 398 g/mol. The Morgan fingerprint density at radius 3 is 2.64 bits per heavy atom. The molecule has 0 saturated carbocycles. The van der Waals surface area contributed by atoms with Gasteiger partial charge in [-0.05, 0) is 45.7 Å². The lowest BCUT2D eigenvalue weighted by atomic mass is 9.96. The molecule has 1 aliphatic heterocycles. The maximum atomic E-state index is 12.2. The molecule has 1 aromatic carbocycles. The molecule has 6 nitrogen and oxygen atoms in total. The summed E-state index contributed by atoms with van der Waals surface area (Å²) in [4.78, 5) is 19.1. The van der Waals surface area contributed by atoms with Gasteiger partial charge >= 0.3 is 5.97 Å². The number of esters is 1. The van der Waals surface area contributed by atoms with Gasteiger partial charge in [-0.3, -0.25) is 9.69 Å². The van der Waals surface area contributed by atoms with Crippen molar-refractivity contribution in [2.75, 3.05) is 25.0 Å². The number of likely N-dealkylation sites (tertiary alicyclic amines) is 1. The first-order chi connectivity index (χ1) is 13.4. The maximum Gasteiger partial charge on any atom is 0.325 e. The van der Waals surface area contributed by atoms with E-state index in [2.05, 4.69) is 21.3 Å². The molecule has 0 amide bonds. The number of hydrogen-bond acceptors (Lipinski definition) is 7. The number of piperidine rings is 1. The highest BCUT2D eigenvalue weighted by Crippen LogP contribution is 2.28. The number of aromatic nitrogens is 1. The summed E-state index contributed by atoms with van der Waals surface area (Å²) in [6.45, 7) is 7.80. The molecule has 2 heterocycles. The fourth-order valence-corrected chi connectivity index (χ4v) is 4.18. The van der Waals surface area contributed by atoms with Crippen LogP contribution >= 0.6 is 11.3 Å². The highest BCUT2D eigenvalue weighted by atomic mass is 32.1. The molecule has 2 aromatic rings. The molecule has 1 saturated heterocycles. The fourth-order valence-electron chi connectivity index (χ4n) is 3.38. The number of nitrogens with zero attached hydrogens (tertiary/aromatic N) is 3. The quantitative estimate of drug-likeness (QED) is 0.744. The molecule has 1 aliphatic rings. The van der Waals surface area contributed by atoms with E-state index in [1.807, 2.05) is 50.4 Å². The fraction of sp³-hybridized carbons (Fsp3) is 0.476. The van der Waals surface area contributed by atoms with Crippen LogP contribution in [0.5, 0.6) is 0 Å². The normalized spacial score (nSPS) is 15.8. The van der Waals surface area contributed by atoms with Gasteiger partial charge in [-0.2, -0.15) is 5.26 Å². The van der Waals surface area contributed by atoms with Crippen molar-refractivity contribution in [3.05, 3.63) is 35.2 Å². The van der Waals surface area contributed by atoms with Crippen LogP contribution in [0.3, 0.4) is 0 Å². The number of nitrogens with one attached hydrogen (secondary N) is 1. The van der Waals surface area contributed by atoms with Crippen LogP contribution in [0, 0.1) is 11.3 Å². The number of nitriles is 1. The number of ether oxygens (including phenoxy) is 1. The minimum atomic E-state index is -0.592. The number of carbonyl (C=O) groups excluding carboxylic acids is 1. The molecule has 3 rings (SSSR count). The summed E-state index contributed by atoms with van der Waals surface area (Å²) in [5.41, 5.74) is 1.98. The lowest BCUT2D eigenvalue weighted by molar-refractivity contribution is -0.156. The number of rotatable bonds is 6. The average molecular weight is 399 g/mol. The third kappa shape index (κ3) is 4.51. The predicted octanol–water partition coefficient (Wildman–Crippen LogP) is 3.90. The van der Waals surface area contributed by atoms with Crippen molar-refractivity contribution in [2.45, 2.75) is 45.2 Å². The first-order valence-electron chi connectivity index (χ1n) is 9.59. The summed E-state index contributed by atoms with van der Waals surface area (Å²) in [6, 6.07) is 9.94. The number of carbonyl (C=O) groups is 1. The molecule has 0 spiro atoms. The van der Waals surface area contributed by atoms with Gasteiger partial charge in [-0.15, -0.1) is 11.3 Å². The zero-order valence-corrected chi connectivity index (χ0v) is 17.4. The third-order valence-electron chi connectivity index (χ3n) is 5.20. The first kappa shape index (κ1) is 20.3. The molecule has 148 valence electrons. The van der Waals surface area contributed by atoms with Crippen LogP contribution in [-0.4, -0.2) is 47.1 Å². The van der Waals surface area contributed by atoms with Crippen LogP contribution in [0.25, 0.3) is 11.3 Å². The molecule has 1 aromatic heterocycles. The molecule has 7 heteroatoms. The number of benzene rings is 1. The van der Waals surface area contributed by atoms with Crippen LogP contribution in [0.4, 0.5) is 5.13 Å². The molecule has 1 fully saturated rings. The summed E-state index contributed by atoms with van der Waals surface area (Å²) < 4.78 is 5.22. The van der Waals surface area contributed by atoms with Gasteiger partial charge in [0.25, 0.3) is 0 Å². The Bertz CT molecular complexity index is 846. The highest BCUT2D eigenvalue weighted by molar-refractivity contribution is 7.14. The van der Waals surface area contributed by atoms with E-state index in [0.29, 0.717) is 18.2 Å². The third-order valence-corrected chi connectivity index (χ3v) is 5.98. The van der Waals surface area contributed by atoms with E-state index in [1.54, 1.807) is 11.3 Å². The number of anilines is 1. The van der Waals surface area contributed by atoms with Crippen molar-refractivity contribution in [2.24, 2.45) is 0 Å². The average Bonchev–Trinajstić information content (AvgIpc) is 3.17. The summed E-state index contributed by atoms with van der Waals surface area (Å²) in [5, 5.41) is 15.4. The van der Waals surface area contributed by atoms with Gasteiger partial charge in [0.1, 0.15) is 5.54 Å². The Balaban J connectivity index is 1.56. The van der Waals surface area contributed by atoms with Crippen molar-refractivity contribution >= 4 is 22.4 Å². The standard InChI is InChI=1S/C21H26N4O2S/c1-4-27-19(26)21(2,3)25-11-9-17(10-12-25)23-20-24-18(14-28-20)16-7-5-15(13-22)6-8-16/h5-8,14,17H,4,9-12H2,1-3H3,(H,23,24). The Hall–Kier alpha value is -2.43. The minimum Gasteiger partial charge on any atom is -0.465 e. The van der Waals surface area contributed by atoms with Crippen molar-refractivity contribution < 1.29 is 9.53 Å². The molecule has 0 unspecified atom stereocenters. The molecule has 0 aliphatic carbocycles. The molecule has 0 bridgehead atoms. The van der Waals surface area contributed by atoms with Gasteiger partial charge in [0.2, 0.25) is 0 Å². The second-order valence-corrected chi connectivity index (χ2v) is 8.27. The van der Waals surface area contributed by atoms with Crippen LogP contribution in [0.15, 0.2) is 29.6 Å². The number of thiazole rings is 1. The van der Waals surface area contributed by atoms with E-state index in [4.69, 9.17) is 10.00 Å². The summed E-state index contributed by atoms with van der Waals surface area (Å²) in [7, 11) is 0. The molecule has 1 N–H and O–H groups in total. The molecular formula is C21H26N4O2S. The van der Waals surface area contributed by atoms with Gasteiger partial charge in [0.15, 0.2) is 5.13 Å². The van der Waals surface area contributed by atoms with Crippen molar-refractivity contribution in [1.29, 1.82) is 5.26 Å². The van der Waals surface area contributed by atoms with E-state index in [1.165, 1.54) is 0 Å². The topological polar surface area (TPSA) is 78.2 Å². The van der Waals surface area contributed by atoms with E-state index in [0.717, 1.165) is 42.3 Å². The molecule has 28 heavy (non-hydrogen) atoms. The summed E-state index contributed by atoms with van der Waals surface area (Å²) in [6.07, 6.45) is 1.91. The van der Waals surface area contributed by atoms with Gasteiger partial charge in [0, 0.05) is 30.1 Å². The van der Waals surface area contributed by atoms with Crippen LogP contribution in [0.1, 0.15) is 39.2 Å². The van der Waals surface area contributed by atoms with E-state index in [-0.39, 0.29) is 5.97 Å². The first-order valence-corrected chi connectivity index (χ1v) is 10.5. The Kier molecular flexibility index (Phi) is 6.32. The second-order valence-electron chi connectivity index (χ2n) is 7.41. The lowest BCUT2D eigenvalue weighted by Crippen LogP contribution is -2.55. The van der Waals surface area contributed by atoms with Gasteiger partial charge in [-0.25, -0.2) is 4.98 Å². The second kappa shape index (κ2) is 8.72. The van der Waals surface area contributed by atoms with Crippen molar-refractivity contribution in [3.8, 4) is 17.3 Å². The van der Waals surface area contributed by atoms with Crippen molar-refractivity contribution in [3.63, 3.8) is 0 Å². The van der Waals surface area contributed by atoms with Gasteiger partial charge in [0.05, 0.1) is 23.9 Å². The summed E-state index contributed by atoms with van der Waals surface area (Å²) >= 11 is 1.59. The Morgan fingerprint density at radius 1 is 1.36 bits per heavy atom. The van der Waals surface area contributed by atoms with Crippen LogP contribution in [0.2, 0.25) is 0 Å². The van der Waals surface area contributed by atoms with E-state index < -0.39 is 5.54 Å². The minimum absolute atomic E-state index is 0.159. The maximum absolute atomic E-state index is 12.2. The van der Waals surface area contributed by atoms with Crippen molar-refractivity contribution in [1.82, 2.24) is 9.88 Å².